The highest BCUT2D eigenvalue weighted by atomic mass is 35.5. The maximum Gasteiger partial charge on any atom is 0.241 e. The lowest BCUT2D eigenvalue weighted by molar-refractivity contribution is -0.122. The number of amides is 1. The van der Waals surface area contributed by atoms with Gasteiger partial charge in [0.2, 0.25) is 5.91 Å². The second kappa shape index (κ2) is 6.58. The van der Waals surface area contributed by atoms with Gasteiger partial charge in [0.25, 0.3) is 0 Å². The van der Waals surface area contributed by atoms with E-state index < -0.39 is 6.10 Å². The zero-order valence-corrected chi connectivity index (χ0v) is 10.6. The molecule has 2 N–H and O–H groups in total. The van der Waals surface area contributed by atoms with Crippen molar-refractivity contribution in [3.05, 3.63) is 16.9 Å². The van der Waals surface area contributed by atoms with E-state index in [4.69, 9.17) is 16.3 Å². The number of aliphatic hydroxyl groups is 1. The number of carbonyl (C=O) groups is 1. The molecule has 1 rings (SSSR count). The van der Waals surface area contributed by atoms with Crippen molar-refractivity contribution in [2.75, 3.05) is 20.3 Å². The average molecular weight is 262 g/mol. The van der Waals surface area contributed by atoms with Gasteiger partial charge in [-0.05, 0) is 6.92 Å². The van der Waals surface area contributed by atoms with E-state index in [-0.39, 0.29) is 25.6 Å². The summed E-state index contributed by atoms with van der Waals surface area (Å²) in [6.07, 6.45) is 0.883. The first-order valence-corrected chi connectivity index (χ1v) is 5.54. The molecular formula is C10H16ClN3O3. The summed E-state index contributed by atoms with van der Waals surface area (Å²) in [6.45, 7) is 2.18. The van der Waals surface area contributed by atoms with Gasteiger partial charge >= 0.3 is 0 Å². The van der Waals surface area contributed by atoms with Crippen LogP contribution < -0.4 is 5.32 Å². The Labute approximate surface area is 105 Å². The molecule has 0 aliphatic rings. The molecule has 0 bridgehead atoms. The summed E-state index contributed by atoms with van der Waals surface area (Å²) in [4.78, 5) is 11.5. The third-order valence-corrected chi connectivity index (χ3v) is 2.46. The summed E-state index contributed by atoms with van der Waals surface area (Å²) in [5.74, 6) is -0.237. The second-order valence-corrected chi connectivity index (χ2v) is 4.08. The molecule has 6 nitrogen and oxygen atoms in total. The quantitative estimate of drug-likeness (QED) is 0.754. The first-order chi connectivity index (χ1) is 8.02. The van der Waals surface area contributed by atoms with Crippen molar-refractivity contribution >= 4 is 17.5 Å². The molecule has 0 fully saturated rings. The Hall–Kier alpha value is -1.11. The van der Waals surface area contributed by atoms with Crippen molar-refractivity contribution < 1.29 is 14.6 Å². The van der Waals surface area contributed by atoms with Gasteiger partial charge in [-0.2, -0.15) is 5.10 Å². The van der Waals surface area contributed by atoms with Crippen LogP contribution in [0.5, 0.6) is 0 Å². The fourth-order valence-electron chi connectivity index (χ4n) is 1.26. The lowest BCUT2D eigenvalue weighted by Gasteiger charge is -2.10. The number of carbonyl (C=O) groups excluding carboxylic acids is 1. The van der Waals surface area contributed by atoms with Crippen LogP contribution >= 0.6 is 11.6 Å². The van der Waals surface area contributed by atoms with E-state index >= 15 is 0 Å². The molecule has 1 heterocycles. The third-order valence-electron chi connectivity index (χ3n) is 2.09. The van der Waals surface area contributed by atoms with Crippen LogP contribution in [0.4, 0.5) is 0 Å². The monoisotopic (exact) mass is 261 g/mol. The molecule has 0 spiro atoms. The Morgan fingerprint density at radius 1 is 1.76 bits per heavy atom. The van der Waals surface area contributed by atoms with Crippen LogP contribution in [0.25, 0.3) is 0 Å². The number of methoxy groups -OCH3 is 1. The lowest BCUT2D eigenvalue weighted by Crippen LogP contribution is -2.36. The second-order valence-electron chi connectivity index (χ2n) is 3.67. The summed E-state index contributed by atoms with van der Waals surface area (Å²) in [5.41, 5.74) is 0.680. The van der Waals surface area contributed by atoms with Gasteiger partial charge in [0.05, 0.1) is 23.4 Å². The van der Waals surface area contributed by atoms with E-state index in [0.29, 0.717) is 10.7 Å². The highest BCUT2D eigenvalue weighted by Crippen LogP contribution is 2.11. The minimum atomic E-state index is -0.702. The number of aryl methyl sites for hydroxylation is 1. The maximum absolute atomic E-state index is 11.5. The number of hydrogen-bond donors (Lipinski definition) is 2. The highest BCUT2D eigenvalue weighted by Gasteiger charge is 2.09. The Balaban J connectivity index is 2.34. The fraction of sp³-hybridized carbons (Fsp3) is 0.600. The van der Waals surface area contributed by atoms with Crippen LogP contribution in [-0.2, 0) is 16.1 Å². The maximum atomic E-state index is 11.5. The molecule has 17 heavy (non-hydrogen) atoms. The summed E-state index contributed by atoms with van der Waals surface area (Å²) >= 11 is 5.81. The lowest BCUT2D eigenvalue weighted by atomic mass is 10.4. The number of hydrogen-bond acceptors (Lipinski definition) is 4. The fourth-order valence-corrected chi connectivity index (χ4v) is 1.41. The van der Waals surface area contributed by atoms with E-state index in [1.54, 1.807) is 13.1 Å². The van der Waals surface area contributed by atoms with Crippen LogP contribution in [0.15, 0.2) is 6.20 Å². The van der Waals surface area contributed by atoms with Gasteiger partial charge in [0.15, 0.2) is 0 Å². The smallest absolute Gasteiger partial charge is 0.241 e. The number of nitrogens with zero attached hydrogens (tertiary/aromatic N) is 2. The topological polar surface area (TPSA) is 76.4 Å². The summed E-state index contributed by atoms with van der Waals surface area (Å²) < 4.78 is 6.19. The number of aliphatic hydroxyl groups excluding tert-OH is 1. The highest BCUT2D eigenvalue weighted by molar-refractivity contribution is 6.31. The largest absolute Gasteiger partial charge is 0.389 e. The van der Waals surface area contributed by atoms with Crippen LogP contribution in [0, 0.1) is 6.92 Å². The zero-order valence-electron chi connectivity index (χ0n) is 9.81. The third kappa shape index (κ3) is 4.72. The van der Waals surface area contributed by atoms with E-state index in [1.165, 1.54) is 11.8 Å². The van der Waals surface area contributed by atoms with Crippen molar-refractivity contribution in [1.82, 2.24) is 15.1 Å². The SMILES string of the molecule is COC[C@H](O)CNC(=O)Cn1cc(Cl)c(C)n1. The minimum absolute atomic E-state index is 0.0766. The molecule has 1 aromatic rings. The predicted molar refractivity (Wildman–Crippen MR) is 62.9 cm³/mol. The molecule has 0 saturated heterocycles. The van der Waals surface area contributed by atoms with Gasteiger partial charge < -0.3 is 15.2 Å². The van der Waals surface area contributed by atoms with Crippen molar-refractivity contribution in [1.29, 1.82) is 0 Å². The zero-order chi connectivity index (χ0) is 12.8. The molecule has 0 aromatic carbocycles. The molecule has 0 aliphatic carbocycles. The van der Waals surface area contributed by atoms with Crippen LogP contribution in [-0.4, -0.2) is 47.2 Å². The first-order valence-electron chi connectivity index (χ1n) is 5.16. The number of rotatable bonds is 6. The Morgan fingerprint density at radius 3 is 3.00 bits per heavy atom. The van der Waals surface area contributed by atoms with Crippen molar-refractivity contribution in [2.45, 2.75) is 19.6 Å². The molecule has 0 aliphatic heterocycles. The number of ether oxygens (including phenoxy) is 1. The Morgan fingerprint density at radius 2 is 2.47 bits per heavy atom. The standard InChI is InChI=1S/C10H16ClN3O3/c1-7-9(11)4-14(13-7)5-10(16)12-3-8(15)6-17-2/h4,8,15H,3,5-6H2,1-2H3,(H,12,16)/t8-/m1/s1. The van der Waals surface area contributed by atoms with Crippen LogP contribution in [0.3, 0.4) is 0 Å². The van der Waals surface area contributed by atoms with Crippen LogP contribution in [0.1, 0.15) is 5.69 Å². The number of nitrogens with one attached hydrogen (secondary N) is 1. The van der Waals surface area contributed by atoms with E-state index in [9.17, 15) is 9.90 Å². The first kappa shape index (κ1) is 14.0. The molecule has 0 unspecified atom stereocenters. The van der Waals surface area contributed by atoms with Crippen molar-refractivity contribution in [3.8, 4) is 0 Å². The summed E-state index contributed by atoms with van der Waals surface area (Å²) in [5, 5.41) is 16.5. The van der Waals surface area contributed by atoms with E-state index in [1.807, 2.05) is 0 Å². The normalized spacial score (nSPS) is 12.5. The van der Waals surface area contributed by atoms with Gasteiger partial charge in [0.1, 0.15) is 6.54 Å². The molecular weight excluding hydrogens is 246 g/mol. The summed E-state index contributed by atoms with van der Waals surface area (Å²) in [6, 6.07) is 0. The number of halogens is 1. The minimum Gasteiger partial charge on any atom is -0.389 e. The van der Waals surface area contributed by atoms with Crippen molar-refractivity contribution in [3.63, 3.8) is 0 Å². The van der Waals surface area contributed by atoms with Gasteiger partial charge in [-0.15, -0.1) is 0 Å². The molecule has 7 heteroatoms. The summed E-state index contributed by atoms with van der Waals surface area (Å²) in [7, 11) is 1.49. The molecule has 0 saturated carbocycles. The van der Waals surface area contributed by atoms with Crippen molar-refractivity contribution in [2.24, 2.45) is 0 Å². The molecule has 1 atom stereocenters. The predicted octanol–water partition coefficient (Wildman–Crippen LogP) is -0.0316. The van der Waals surface area contributed by atoms with Crippen LogP contribution in [0.2, 0.25) is 5.02 Å². The molecule has 1 amide bonds. The van der Waals surface area contributed by atoms with Gasteiger partial charge in [-0.3, -0.25) is 9.48 Å². The Bertz CT molecular complexity index is 361. The van der Waals surface area contributed by atoms with Gasteiger partial charge in [0, 0.05) is 19.9 Å². The Kier molecular flexibility index (Phi) is 5.40. The average Bonchev–Trinajstić information content (AvgIpc) is 2.55. The molecule has 0 radical (unpaired) electrons. The molecule has 1 aromatic heterocycles. The van der Waals surface area contributed by atoms with Gasteiger partial charge in [-0.25, -0.2) is 0 Å². The number of aromatic nitrogens is 2. The van der Waals surface area contributed by atoms with E-state index in [2.05, 4.69) is 10.4 Å². The van der Waals surface area contributed by atoms with Gasteiger partial charge in [-0.1, -0.05) is 11.6 Å². The van der Waals surface area contributed by atoms with E-state index in [0.717, 1.165) is 0 Å². The molecule has 96 valence electrons.